The van der Waals surface area contributed by atoms with Crippen molar-refractivity contribution < 1.29 is 9.47 Å². The van der Waals surface area contributed by atoms with Crippen LogP contribution in [0.25, 0.3) is 0 Å². The number of nitrogens with zero attached hydrogens (tertiary/aromatic N) is 4. The van der Waals surface area contributed by atoms with E-state index in [1.54, 1.807) is 14.2 Å². The Labute approximate surface area is 165 Å². The summed E-state index contributed by atoms with van der Waals surface area (Å²) in [6.07, 6.45) is 1.96. The molecule has 1 aliphatic rings. The molecule has 0 amide bonds. The molecule has 2 aromatic rings. The molecule has 2 heterocycles. The lowest BCUT2D eigenvalue weighted by Gasteiger charge is -2.36. The molecular formula is C19H27N5O2S. The first kappa shape index (κ1) is 19.4. The lowest BCUT2D eigenvalue weighted by atomic mass is 10.2. The largest absolute Gasteiger partial charge is 0.497 e. The number of anilines is 1. The topological polar surface area (TPSA) is 54.8 Å². The number of hydrogen-bond acceptors (Lipinski definition) is 5. The molecule has 0 radical (unpaired) electrons. The lowest BCUT2D eigenvalue weighted by molar-refractivity contribution is 0.176. The minimum atomic E-state index is 0.711. The lowest BCUT2D eigenvalue weighted by Crippen LogP contribution is -2.49. The van der Waals surface area contributed by atoms with Crippen LogP contribution >= 0.6 is 12.2 Å². The molecule has 1 saturated heterocycles. The number of nitrogens with one attached hydrogen (secondary N) is 1. The van der Waals surface area contributed by atoms with Gasteiger partial charge in [0.05, 0.1) is 26.1 Å². The Balaban J connectivity index is 1.55. The van der Waals surface area contributed by atoms with Gasteiger partial charge in [-0.15, -0.1) is 0 Å². The Morgan fingerprint density at radius 1 is 1.19 bits per heavy atom. The number of aromatic nitrogens is 2. The van der Waals surface area contributed by atoms with Gasteiger partial charge in [0.15, 0.2) is 5.11 Å². The average Bonchev–Trinajstić information content (AvgIpc) is 3.01. The summed E-state index contributed by atoms with van der Waals surface area (Å²) in [5.41, 5.74) is 3.35. The first-order chi connectivity index (χ1) is 13.0. The summed E-state index contributed by atoms with van der Waals surface area (Å²) in [5.74, 6) is 1.46. The van der Waals surface area contributed by atoms with E-state index in [-0.39, 0.29) is 0 Å². The SMILES string of the molecule is COc1ccc(NC(=S)N2CCN(Cc3cnn(C)c3C)CC2)c(OC)c1. The van der Waals surface area contributed by atoms with Crippen molar-refractivity contribution in [1.82, 2.24) is 19.6 Å². The second-order valence-electron chi connectivity index (χ2n) is 6.64. The molecule has 0 bridgehead atoms. The molecule has 1 aromatic carbocycles. The van der Waals surface area contributed by atoms with Crippen molar-refractivity contribution in [1.29, 1.82) is 0 Å². The minimum Gasteiger partial charge on any atom is -0.497 e. The van der Waals surface area contributed by atoms with Gasteiger partial charge in [-0.3, -0.25) is 9.58 Å². The molecule has 8 heteroatoms. The number of thiocarbonyl (C=S) groups is 1. The van der Waals surface area contributed by atoms with Gasteiger partial charge in [-0.2, -0.15) is 5.10 Å². The van der Waals surface area contributed by atoms with E-state index in [1.807, 2.05) is 36.1 Å². The van der Waals surface area contributed by atoms with E-state index in [0.717, 1.165) is 49.3 Å². The van der Waals surface area contributed by atoms with Gasteiger partial charge in [0, 0.05) is 57.1 Å². The van der Waals surface area contributed by atoms with E-state index < -0.39 is 0 Å². The van der Waals surface area contributed by atoms with Crippen LogP contribution in [0.1, 0.15) is 11.3 Å². The van der Waals surface area contributed by atoms with E-state index in [1.165, 1.54) is 11.3 Å². The third-order valence-corrected chi connectivity index (χ3v) is 5.40. The zero-order valence-corrected chi connectivity index (χ0v) is 17.2. The van der Waals surface area contributed by atoms with Crippen molar-refractivity contribution in [3.8, 4) is 11.5 Å². The number of benzene rings is 1. The maximum absolute atomic E-state index is 5.61. The Bertz CT molecular complexity index is 799. The smallest absolute Gasteiger partial charge is 0.173 e. The highest BCUT2D eigenvalue weighted by atomic mass is 32.1. The van der Waals surface area contributed by atoms with Gasteiger partial charge in [0.1, 0.15) is 11.5 Å². The molecule has 0 atom stereocenters. The van der Waals surface area contributed by atoms with E-state index >= 15 is 0 Å². The third kappa shape index (κ3) is 4.51. The number of aryl methyl sites for hydroxylation is 1. The van der Waals surface area contributed by atoms with Crippen LogP contribution in [0.3, 0.4) is 0 Å². The van der Waals surface area contributed by atoms with Crippen LogP contribution in [0.5, 0.6) is 11.5 Å². The summed E-state index contributed by atoms with van der Waals surface area (Å²) in [7, 11) is 5.26. The fourth-order valence-corrected chi connectivity index (χ4v) is 3.44. The molecule has 1 aliphatic heterocycles. The van der Waals surface area contributed by atoms with E-state index in [2.05, 4.69) is 27.1 Å². The Hall–Kier alpha value is -2.32. The van der Waals surface area contributed by atoms with E-state index in [9.17, 15) is 0 Å². The summed E-state index contributed by atoms with van der Waals surface area (Å²) in [6, 6.07) is 5.66. The maximum Gasteiger partial charge on any atom is 0.173 e. The fraction of sp³-hybridized carbons (Fsp3) is 0.474. The average molecular weight is 390 g/mol. The van der Waals surface area contributed by atoms with Crippen molar-refractivity contribution in [2.75, 3.05) is 45.7 Å². The Kier molecular flexibility index (Phi) is 6.18. The standard InChI is InChI=1S/C19H27N5O2S/c1-14-15(12-20-22(14)2)13-23-7-9-24(10-8-23)19(27)21-17-6-5-16(25-3)11-18(17)26-4/h5-6,11-12H,7-10,13H2,1-4H3,(H,21,27). The molecule has 1 aromatic heterocycles. The molecule has 1 fully saturated rings. The van der Waals surface area contributed by atoms with Gasteiger partial charge in [-0.05, 0) is 31.3 Å². The Morgan fingerprint density at radius 2 is 1.93 bits per heavy atom. The maximum atomic E-state index is 5.61. The number of hydrogen-bond donors (Lipinski definition) is 1. The number of methoxy groups -OCH3 is 2. The molecule has 1 N–H and O–H groups in total. The normalized spacial score (nSPS) is 14.9. The summed E-state index contributed by atoms with van der Waals surface area (Å²) < 4.78 is 12.6. The predicted octanol–water partition coefficient (Wildman–Crippen LogP) is 2.26. The van der Waals surface area contributed by atoms with Crippen LogP contribution in [0.15, 0.2) is 24.4 Å². The summed E-state index contributed by atoms with van der Waals surface area (Å²) >= 11 is 5.61. The number of rotatable bonds is 5. The van der Waals surface area contributed by atoms with Crippen LogP contribution in [0, 0.1) is 6.92 Å². The molecule has 146 valence electrons. The minimum absolute atomic E-state index is 0.711. The zero-order valence-electron chi connectivity index (χ0n) is 16.4. The van der Waals surface area contributed by atoms with Crippen LogP contribution in [-0.4, -0.2) is 65.1 Å². The molecule has 7 nitrogen and oxygen atoms in total. The van der Waals surface area contributed by atoms with Gasteiger partial charge in [-0.25, -0.2) is 0 Å². The van der Waals surface area contributed by atoms with E-state index in [0.29, 0.717) is 5.75 Å². The quantitative estimate of drug-likeness (QED) is 0.787. The van der Waals surface area contributed by atoms with Gasteiger partial charge < -0.3 is 19.7 Å². The number of ether oxygens (including phenoxy) is 2. The number of piperazine rings is 1. The third-order valence-electron chi connectivity index (χ3n) is 5.04. The second kappa shape index (κ2) is 8.58. The highest BCUT2D eigenvalue weighted by molar-refractivity contribution is 7.80. The fourth-order valence-electron chi connectivity index (χ4n) is 3.15. The molecule has 0 unspecified atom stereocenters. The van der Waals surface area contributed by atoms with Crippen LogP contribution in [-0.2, 0) is 13.6 Å². The molecular weight excluding hydrogens is 362 g/mol. The highest BCUT2D eigenvalue weighted by Crippen LogP contribution is 2.29. The van der Waals surface area contributed by atoms with Crippen molar-refractivity contribution in [3.05, 3.63) is 35.7 Å². The first-order valence-corrected chi connectivity index (χ1v) is 9.40. The zero-order chi connectivity index (χ0) is 19.4. The molecule has 0 aliphatic carbocycles. The van der Waals surface area contributed by atoms with Crippen molar-refractivity contribution in [2.24, 2.45) is 7.05 Å². The van der Waals surface area contributed by atoms with Crippen LogP contribution < -0.4 is 14.8 Å². The molecule has 0 spiro atoms. The van der Waals surface area contributed by atoms with E-state index in [4.69, 9.17) is 21.7 Å². The Morgan fingerprint density at radius 3 is 2.52 bits per heavy atom. The van der Waals surface area contributed by atoms with Crippen molar-refractivity contribution in [2.45, 2.75) is 13.5 Å². The summed E-state index contributed by atoms with van der Waals surface area (Å²) in [4.78, 5) is 4.64. The van der Waals surface area contributed by atoms with Crippen LogP contribution in [0.2, 0.25) is 0 Å². The first-order valence-electron chi connectivity index (χ1n) is 8.99. The van der Waals surface area contributed by atoms with Crippen molar-refractivity contribution >= 4 is 23.0 Å². The monoisotopic (exact) mass is 389 g/mol. The predicted molar refractivity (Wildman–Crippen MR) is 111 cm³/mol. The summed E-state index contributed by atoms with van der Waals surface area (Å²) in [6.45, 7) is 6.76. The molecule has 27 heavy (non-hydrogen) atoms. The second-order valence-corrected chi connectivity index (χ2v) is 7.03. The highest BCUT2D eigenvalue weighted by Gasteiger charge is 2.21. The van der Waals surface area contributed by atoms with Gasteiger partial charge in [-0.1, -0.05) is 0 Å². The van der Waals surface area contributed by atoms with Gasteiger partial charge in [0.2, 0.25) is 0 Å². The molecule has 3 rings (SSSR count). The molecule has 0 saturated carbocycles. The van der Waals surface area contributed by atoms with Gasteiger partial charge >= 0.3 is 0 Å². The summed E-state index contributed by atoms with van der Waals surface area (Å²) in [5, 5.41) is 8.35. The van der Waals surface area contributed by atoms with Crippen molar-refractivity contribution in [3.63, 3.8) is 0 Å². The van der Waals surface area contributed by atoms with Crippen LogP contribution in [0.4, 0.5) is 5.69 Å². The van der Waals surface area contributed by atoms with Gasteiger partial charge in [0.25, 0.3) is 0 Å².